The molecule has 5 rings (SSSR count). The highest BCUT2D eigenvalue weighted by atomic mass is 32.2. The molecule has 1 atom stereocenters. The van der Waals surface area contributed by atoms with Crippen molar-refractivity contribution in [1.29, 1.82) is 0 Å². The molecule has 1 unspecified atom stereocenters. The summed E-state index contributed by atoms with van der Waals surface area (Å²) in [4.78, 5) is 39.4. The molecule has 1 aliphatic heterocycles. The molecule has 1 saturated heterocycles. The largest absolute Gasteiger partial charge is 0.416 e. The number of alkyl halides is 3. The van der Waals surface area contributed by atoms with Gasteiger partial charge in [0.25, 0.3) is 5.91 Å². The molecule has 1 aromatic carbocycles. The predicted octanol–water partition coefficient (Wildman–Crippen LogP) is 2.98. The molecular weight excluding hydrogens is 591 g/mol. The first-order valence-corrected chi connectivity index (χ1v) is 14.7. The van der Waals surface area contributed by atoms with E-state index in [0.717, 1.165) is 18.3 Å². The van der Waals surface area contributed by atoms with Crippen molar-refractivity contribution >= 4 is 38.8 Å². The maximum absolute atomic E-state index is 13.2. The molecule has 43 heavy (non-hydrogen) atoms. The fourth-order valence-corrected chi connectivity index (χ4v) is 6.41. The van der Waals surface area contributed by atoms with Crippen LogP contribution in [0.2, 0.25) is 0 Å². The summed E-state index contributed by atoms with van der Waals surface area (Å²) in [7, 11) is -2.22. The van der Waals surface area contributed by atoms with Gasteiger partial charge in [0.05, 0.1) is 24.3 Å². The van der Waals surface area contributed by atoms with Gasteiger partial charge in [-0.3, -0.25) is 14.0 Å². The molecule has 1 aliphatic rings. The first kappa shape index (κ1) is 29.9. The van der Waals surface area contributed by atoms with E-state index in [0.29, 0.717) is 16.8 Å². The molecule has 0 radical (unpaired) electrons. The van der Waals surface area contributed by atoms with Crippen molar-refractivity contribution in [1.82, 2.24) is 24.3 Å². The summed E-state index contributed by atoms with van der Waals surface area (Å²) in [5.41, 5.74) is 6.46. The topological polar surface area (TPSA) is 162 Å². The number of methoxy groups -OCH3 is 1. The Labute approximate surface area is 243 Å². The van der Waals surface area contributed by atoms with Crippen LogP contribution in [0.15, 0.2) is 55.0 Å². The highest BCUT2D eigenvalue weighted by Crippen LogP contribution is 2.35. The van der Waals surface area contributed by atoms with Gasteiger partial charge in [-0.2, -0.15) is 13.2 Å². The third-order valence-electron chi connectivity index (χ3n) is 6.99. The Morgan fingerprint density at radius 1 is 1.14 bits per heavy atom. The molecular formula is C27H26F3N7O5S. The van der Waals surface area contributed by atoms with Crippen LogP contribution in [0.25, 0.3) is 16.8 Å². The first-order valence-electron chi connectivity index (χ1n) is 12.9. The van der Waals surface area contributed by atoms with Crippen LogP contribution >= 0.6 is 0 Å². The second kappa shape index (κ2) is 11.6. The Bertz CT molecular complexity index is 1790. The zero-order valence-electron chi connectivity index (χ0n) is 22.7. The van der Waals surface area contributed by atoms with E-state index < -0.39 is 32.7 Å². The van der Waals surface area contributed by atoms with Gasteiger partial charge in [-0.05, 0) is 24.3 Å². The summed E-state index contributed by atoms with van der Waals surface area (Å²) in [5.74, 6) is -1.21. The summed E-state index contributed by atoms with van der Waals surface area (Å²) < 4.78 is 72.0. The van der Waals surface area contributed by atoms with Crippen molar-refractivity contribution in [3.05, 3.63) is 71.9 Å². The smallest absolute Gasteiger partial charge is 0.384 e. The number of nitrogens with zero attached hydrogens (tertiary/aromatic N) is 5. The average molecular weight is 618 g/mol. The third kappa shape index (κ3) is 6.15. The molecule has 16 heteroatoms. The first-order chi connectivity index (χ1) is 20.4. The number of rotatable bonds is 7. The van der Waals surface area contributed by atoms with E-state index in [4.69, 9.17) is 10.5 Å². The number of hydrogen-bond acceptors (Lipinski definition) is 9. The number of pyridine rings is 1. The van der Waals surface area contributed by atoms with Gasteiger partial charge in [-0.15, -0.1) is 0 Å². The van der Waals surface area contributed by atoms with Crippen molar-refractivity contribution in [3.63, 3.8) is 0 Å². The van der Waals surface area contributed by atoms with E-state index in [1.165, 1.54) is 40.9 Å². The molecule has 0 saturated carbocycles. The number of nitrogens with one attached hydrogen (secondary N) is 1. The SMILES string of the molecule is COCCC(=O)N1CCS(=O)(=O)C(c2nc(-c3ccc(C(=O)Nc4cc(C(F)(F)F)ccn4)cc3)c3c(N)nccn23)C1. The molecule has 0 spiro atoms. The Morgan fingerprint density at radius 3 is 2.58 bits per heavy atom. The van der Waals surface area contributed by atoms with E-state index >= 15 is 0 Å². The lowest BCUT2D eigenvalue weighted by atomic mass is 10.1. The summed E-state index contributed by atoms with van der Waals surface area (Å²) in [6.07, 6.45) is -0.603. The van der Waals surface area contributed by atoms with Crippen molar-refractivity contribution in [2.24, 2.45) is 0 Å². The van der Waals surface area contributed by atoms with Gasteiger partial charge in [0, 0.05) is 49.9 Å². The number of carbonyl (C=O) groups is 2. The van der Waals surface area contributed by atoms with Gasteiger partial charge in [0.2, 0.25) is 5.91 Å². The second-order valence-electron chi connectivity index (χ2n) is 9.75. The molecule has 4 heterocycles. The Kier molecular flexibility index (Phi) is 8.07. The number of nitrogens with two attached hydrogens (primary N) is 1. The number of carbonyl (C=O) groups excluding carboxylic acids is 2. The maximum Gasteiger partial charge on any atom is 0.416 e. The number of amides is 2. The number of nitrogen functional groups attached to an aromatic ring is 1. The summed E-state index contributed by atoms with van der Waals surface area (Å²) >= 11 is 0. The standard InChI is InChI=1S/C27H26F3N7O5S/c1-42-12-7-21(38)36-11-13-43(40,41)19(15-36)25-35-22(23-24(31)33-9-10-37(23)25)16-2-4-17(5-3-16)26(39)34-20-14-18(6-8-32-20)27(28,29)30/h2-6,8-10,14,19H,7,11-13,15H2,1H3,(H2,31,33)(H,32,34,39). The normalized spacial score (nSPS) is 16.7. The number of anilines is 2. The Morgan fingerprint density at radius 2 is 1.88 bits per heavy atom. The number of fused-ring (bicyclic) bond motifs is 1. The fraction of sp³-hybridized carbons (Fsp3) is 0.296. The number of imidazole rings is 1. The van der Waals surface area contributed by atoms with Gasteiger partial charge in [0.15, 0.2) is 9.84 Å². The van der Waals surface area contributed by atoms with E-state index in [2.05, 4.69) is 20.3 Å². The Hall–Kier alpha value is -4.57. The molecule has 0 aliphatic carbocycles. The van der Waals surface area contributed by atoms with Crippen molar-refractivity contribution < 1.29 is 35.9 Å². The van der Waals surface area contributed by atoms with Gasteiger partial charge in [0.1, 0.15) is 33.9 Å². The van der Waals surface area contributed by atoms with Crippen LogP contribution in [-0.4, -0.2) is 77.0 Å². The van der Waals surface area contributed by atoms with Crippen LogP contribution in [0.4, 0.5) is 24.8 Å². The van der Waals surface area contributed by atoms with Crippen molar-refractivity contribution in [2.75, 3.05) is 43.6 Å². The van der Waals surface area contributed by atoms with Gasteiger partial charge in [-0.25, -0.2) is 23.4 Å². The zero-order chi connectivity index (χ0) is 30.9. The minimum atomic E-state index is -4.60. The molecule has 4 aromatic rings. The van der Waals surface area contributed by atoms with Crippen molar-refractivity contribution in [2.45, 2.75) is 17.8 Å². The van der Waals surface area contributed by atoms with E-state index in [1.807, 2.05) is 0 Å². The molecule has 3 aromatic heterocycles. The van der Waals surface area contributed by atoms with Gasteiger partial charge >= 0.3 is 6.18 Å². The van der Waals surface area contributed by atoms with E-state index in [-0.39, 0.29) is 60.8 Å². The Balaban J connectivity index is 1.46. The quantitative estimate of drug-likeness (QED) is 0.318. The number of ether oxygens (including phenoxy) is 1. The molecule has 0 bridgehead atoms. The number of halogens is 3. The minimum Gasteiger partial charge on any atom is -0.384 e. The lowest BCUT2D eigenvalue weighted by Crippen LogP contribution is -2.46. The summed E-state index contributed by atoms with van der Waals surface area (Å²) in [5, 5.41) is 1.21. The van der Waals surface area contributed by atoms with Crippen LogP contribution in [-0.2, 0) is 25.5 Å². The highest BCUT2D eigenvalue weighted by Gasteiger charge is 2.39. The van der Waals surface area contributed by atoms with Crippen LogP contribution in [0, 0.1) is 0 Å². The summed E-state index contributed by atoms with van der Waals surface area (Å²) in [6, 6.07) is 7.48. The van der Waals surface area contributed by atoms with Gasteiger partial charge in [-0.1, -0.05) is 12.1 Å². The maximum atomic E-state index is 13.2. The number of sulfone groups is 1. The highest BCUT2D eigenvalue weighted by molar-refractivity contribution is 7.91. The number of benzene rings is 1. The number of hydrogen-bond donors (Lipinski definition) is 2. The monoisotopic (exact) mass is 617 g/mol. The predicted molar refractivity (Wildman–Crippen MR) is 150 cm³/mol. The van der Waals surface area contributed by atoms with Crippen LogP contribution in [0.3, 0.4) is 0 Å². The zero-order valence-corrected chi connectivity index (χ0v) is 23.5. The average Bonchev–Trinajstić information content (AvgIpc) is 3.36. The fourth-order valence-electron chi connectivity index (χ4n) is 4.76. The lowest BCUT2D eigenvalue weighted by molar-refractivity contribution is -0.137. The van der Waals surface area contributed by atoms with Gasteiger partial charge < -0.3 is 20.7 Å². The minimum absolute atomic E-state index is 0.0563. The molecule has 2 amide bonds. The van der Waals surface area contributed by atoms with Crippen LogP contribution in [0.5, 0.6) is 0 Å². The molecule has 12 nitrogen and oxygen atoms in total. The van der Waals surface area contributed by atoms with Crippen molar-refractivity contribution in [3.8, 4) is 11.3 Å². The number of aromatic nitrogens is 4. The molecule has 1 fully saturated rings. The van der Waals surface area contributed by atoms with Crippen LogP contribution in [0.1, 0.15) is 33.4 Å². The van der Waals surface area contributed by atoms with E-state index in [1.54, 1.807) is 12.1 Å². The lowest BCUT2D eigenvalue weighted by Gasteiger charge is -2.32. The van der Waals surface area contributed by atoms with E-state index in [9.17, 15) is 31.2 Å². The third-order valence-corrected chi connectivity index (χ3v) is 8.96. The van der Waals surface area contributed by atoms with Crippen LogP contribution < -0.4 is 11.1 Å². The second-order valence-corrected chi connectivity index (χ2v) is 12.0. The summed E-state index contributed by atoms with van der Waals surface area (Å²) in [6.45, 7) is 0.158. The molecule has 3 N–H and O–H groups in total. The molecule has 226 valence electrons.